The third kappa shape index (κ3) is 6.03. The van der Waals surface area contributed by atoms with Gasteiger partial charge in [0.15, 0.2) is 0 Å². The zero-order valence-electron chi connectivity index (χ0n) is 10.8. The topological polar surface area (TPSA) is 29.1 Å². The number of hydrogen-bond acceptors (Lipinski definition) is 1. The van der Waals surface area contributed by atoms with E-state index in [1.165, 1.54) is 19.3 Å². The molecule has 0 aromatic rings. The monoisotopic (exact) mass is 340 g/mol. The summed E-state index contributed by atoms with van der Waals surface area (Å²) in [6, 6.07) is 0.633. The lowest BCUT2D eigenvalue weighted by Gasteiger charge is -2.34. The summed E-state index contributed by atoms with van der Waals surface area (Å²) >= 11 is 0. The van der Waals surface area contributed by atoms with E-state index in [4.69, 9.17) is 0 Å². The molecule has 0 saturated carbocycles. The van der Waals surface area contributed by atoms with Gasteiger partial charge < -0.3 is 33.8 Å². The highest BCUT2D eigenvalue weighted by molar-refractivity contribution is 5.75. The van der Waals surface area contributed by atoms with Crippen molar-refractivity contribution in [2.75, 3.05) is 27.7 Å². The first kappa shape index (κ1) is 16.2. The predicted octanol–water partition coefficient (Wildman–Crippen LogP) is -1.46. The molecule has 1 saturated heterocycles. The standard InChI is InChI=1S/C12H24N2O.HI/c1-14(2,3)11-7-5-4-6-10-13-12(15)9-8-11;/h11H,4-10H2,1-3H3;1H/t11-;/m1./s1. The molecule has 0 unspecified atom stereocenters. The van der Waals surface area contributed by atoms with Crippen molar-refractivity contribution >= 4 is 5.91 Å². The Kier molecular flexibility index (Phi) is 7.55. The maximum Gasteiger partial charge on any atom is 0.220 e. The van der Waals surface area contributed by atoms with Crippen molar-refractivity contribution in [2.24, 2.45) is 0 Å². The van der Waals surface area contributed by atoms with E-state index in [0.717, 1.165) is 23.9 Å². The lowest BCUT2D eigenvalue weighted by molar-refractivity contribution is -0.896. The number of carbonyl (C=O) groups is 1. The highest BCUT2D eigenvalue weighted by Gasteiger charge is 2.24. The normalized spacial score (nSPS) is 24.2. The number of quaternary nitrogens is 1. The Labute approximate surface area is 117 Å². The maximum absolute atomic E-state index is 11.5. The molecular formula is C12H25IN2O. The van der Waals surface area contributed by atoms with Crippen LogP contribution in [0, 0.1) is 0 Å². The first-order chi connectivity index (χ1) is 7.00. The van der Waals surface area contributed by atoms with Gasteiger partial charge in [-0.3, -0.25) is 4.79 Å². The number of rotatable bonds is 1. The molecule has 1 atom stereocenters. The molecule has 16 heavy (non-hydrogen) atoms. The van der Waals surface area contributed by atoms with Crippen molar-refractivity contribution < 1.29 is 33.3 Å². The van der Waals surface area contributed by atoms with Gasteiger partial charge in [0.05, 0.1) is 27.2 Å². The molecule has 0 aromatic heterocycles. The van der Waals surface area contributed by atoms with Crippen LogP contribution in [0.2, 0.25) is 0 Å². The van der Waals surface area contributed by atoms with Gasteiger partial charge in [-0.1, -0.05) is 6.42 Å². The Balaban J connectivity index is 0.00000225. The van der Waals surface area contributed by atoms with Gasteiger partial charge in [-0.25, -0.2) is 0 Å². The van der Waals surface area contributed by atoms with E-state index in [9.17, 15) is 4.79 Å². The summed E-state index contributed by atoms with van der Waals surface area (Å²) in [5.41, 5.74) is 0. The molecule has 3 nitrogen and oxygen atoms in total. The van der Waals surface area contributed by atoms with Gasteiger partial charge in [0, 0.05) is 19.4 Å². The van der Waals surface area contributed by atoms with Crippen LogP contribution in [0.15, 0.2) is 0 Å². The third-order valence-corrected chi connectivity index (χ3v) is 3.34. The second-order valence-corrected chi connectivity index (χ2v) is 5.51. The number of halogens is 1. The molecule has 1 rings (SSSR count). The van der Waals surface area contributed by atoms with Crippen LogP contribution >= 0.6 is 0 Å². The Hall–Kier alpha value is 0.160. The first-order valence-electron chi connectivity index (χ1n) is 6.08. The van der Waals surface area contributed by atoms with E-state index in [1.54, 1.807) is 0 Å². The molecule has 0 spiro atoms. The lowest BCUT2D eigenvalue weighted by atomic mass is 10.00. The number of nitrogens with zero attached hydrogens (tertiary/aromatic N) is 1. The molecule has 1 heterocycles. The van der Waals surface area contributed by atoms with E-state index in [0.29, 0.717) is 12.5 Å². The van der Waals surface area contributed by atoms with Crippen LogP contribution in [0.3, 0.4) is 0 Å². The Morgan fingerprint density at radius 3 is 2.44 bits per heavy atom. The van der Waals surface area contributed by atoms with E-state index in [-0.39, 0.29) is 29.9 Å². The average Bonchev–Trinajstić information content (AvgIpc) is 2.14. The van der Waals surface area contributed by atoms with Crippen molar-refractivity contribution in [3.63, 3.8) is 0 Å². The molecule has 1 amide bonds. The molecule has 1 fully saturated rings. The van der Waals surface area contributed by atoms with Crippen molar-refractivity contribution in [2.45, 2.75) is 44.6 Å². The fourth-order valence-electron chi connectivity index (χ4n) is 2.21. The Morgan fingerprint density at radius 2 is 1.81 bits per heavy atom. The summed E-state index contributed by atoms with van der Waals surface area (Å²) in [5, 5.41) is 2.98. The van der Waals surface area contributed by atoms with E-state index < -0.39 is 0 Å². The highest BCUT2D eigenvalue weighted by Crippen LogP contribution is 2.18. The van der Waals surface area contributed by atoms with Crippen LogP contribution in [0.1, 0.15) is 38.5 Å². The molecule has 1 aliphatic rings. The third-order valence-electron chi connectivity index (χ3n) is 3.34. The van der Waals surface area contributed by atoms with Gasteiger partial charge in [0.1, 0.15) is 0 Å². The molecule has 96 valence electrons. The summed E-state index contributed by atoms with van der Waals surface area (Å²) in [4.78, 5) is 11.5. The Morgan fingerprint density at radius 1 is 1.12 bits per heavy atom. The molecule has 0 aliphatic carbocycles. The minimum Gasteiger partial charge on any atom is -1.00 e. The largest absolute Gasteiger partial charge is 1.00 e. The summed E-state index contributed by atoms with van der Waals surface area (Å²) in [6.07, 6.45) is 6.66. The second-order valence-electron chi connectivity index (χ2n) is 5.51. The summed E-state index contributed by atoms with van der Waals surface area (Å²) in [5.74, 6) is 0.232. The van der Waals surface area contributed by atoms with E-state index in [1.807, 2.05) is 0 Å². The zero-order valence-corrected chi connectivity index (χ0v) is 12.9. The van der Waals surface area contributed by atoms with Gasteiger partial charge in [0.2, 0.25) is 5.91 Å². The predicted molar refractivity (Wildman–Crippen MR) is 62.5 cm³/mol. The van der Waals surface area contributed by atoms with Crippen LogP contribution in [-0.2, 0) is 4.79 Å². The highest BCUT2D eigenvalue weighted by atomic mass is 127. The maximum atomic E-state index is 11.5. The van der Waals surface area contributed by atoms with Crippen molar-refractivity contribution in [1.29, 1.82) is 0 Å². The van der Waals surface area contributed by atoms with Crippen molar-refractivity contribution in [1.82, 2.24) is 5.32 Å². The van der Waals surface area contributed by atoms with Crippen LogP contribution in [0.25, 0.3) is 0 Å². The van der Waals surface area contributed by atoms with Crippen LogP contribution in [0.5, 0.6) is 0 Å². The van der Waals surface area contributed by atoms with Gasteiger partial charge in [0.25, 0.3) is 0 Å². The SMILES string of the molecule is C[N+](C)(C)[C@@H]1CCCCCNC(=O)CC1.[I-]. The van der Waals surface area contributed by atoms with Crippen molar-refractivity contribution in [3.05, 3.63) is 0 Å². The molecular weight excluding hydrogens is 315 g/mol. The van der Waals surface area contributed by atoms with E-state index >= 15 is 0 Å². The van der Waals surface area contributed by atoms with Crippen LogP contribution in [0.4, 0.5) is 0 Å². The van der Waals surface area contributed by atoms with Gasteiger partial charge in [-0.05, 0) is 19.3 Å². The number of carbonyl (C=O) groups excluding carboxylic acids is 1. The number of amides is 1. The van der Waals surface area contributed by atoms with Gasteiger partial charge >= 0.3 is 0 Å². The molecule has 0 radical (unpaired) electrons. The van der Waals surface area contributed by atoms with Crippen LogP contribution < -0.4 is 29.3 Å². The summed E-state index contributed by atoms with van der Waals surface area (Å²) < 4.78 is 0.979. The first-order valence-corrected chi connectivity index (χ1v) is 6.08. The van der Waals surface area contributed by atoms with Crippen molar-refractivity contribution in [3.8, 4) is 0 Å². The molecule has 0 aromatic carbocycles. The lowest BCUT2D eigenvalue weighted by Crippen LogP contribution is -3.00. The quantitative estimate of drug-likeness (QED) is 0.459. The fourth-order valence-corrected chi connectivity index (χ4v) is 2.21. The molecule has 0 bridgehead atoms. The average molecular weight is 340 g/mol. The minimum absolute atomic E-state index is 0. The fraction of sp³-hybridized carbons (Fsp3) is 0.917. The van der Waals surface area contributed by atoms with Crippen LogP contribution in [-0.4, -0.2) is 44.1 Å². The number of hydrogen-bond donors (Lipinski definition) is 1. The molecule has 1 aliphatic heterocycles. The van der Waals surface area contributed by atoms with Gasteiger partial charge in [-0.2, -0.15) is 0 Å². The second kappa shape index (κ2) is 7.48. The summed E-state index contributed by atoms with van der Waals surface area (Å²) in [6.45, 7) is 0.869. The van der Waals surface area contributed by atoms with Gasteiger partial charge in [-0.15, -0.1) is 0 Å². The molecule has 1 N–H and O–H groups in total. The minimum atomic E-state index is 0. The summed E-state index contributed by atoms with van der Waals surface area (Å²) in [7, 11) is 6.69. The number of nitrogens with one attached hydrogen (secondary N) is 1. The molecule has 4 heteroatoms. The van der Waals surface area contributed by atoms with E-state index in [2.05, 4.69) is 26.5 Å². The smallest absolute Gasteiger partial charge is 0.220 e. The Bertz CT molecular complexity index is 214. The zero-order chi connectivity index (χ0) is 11.3.